The minimum Gasteiger partial charge on any atom is -0.481 e. The molecule has 0 radical (unpaired) electrons. The van der Waals surface area contributed by atoms with Gasteiger partial charge < -0.3 is 20.3 Å². The van der Waals surface area contributed by atoms with Crippen LogP contribution in [0, 0.1) is 11.7 Å². The Morgan fingerprint density at radius 2 is 1.89 bits per heavy atom. The van der Waals surface area contributed by atoms with Crippen LogP contribution in [-0.2, 0) is 4.79 Å². The first kappa shape index (κ1) is 27.4. The Morgan fingerprint density at radius 3 is 2.53 bits per heavy atom. The Balaban J connectivity index is 1.96. The lowest BCUT2D eigenvalue weighted by atomic mass is 9.94. The van der Waals surface area contributed by atoms with E-state index in [0.717, 1.165) is 0 Å². The lowest BCUT2D eigenvalue weighted by Crippen LogP contribution is -2.38. The fourth-order valence-electron chi connectivity index (χ4n) is 3.19. The zero-order valence-corrected chi connectivity index (χ0v) is 21.3. The van der Waals surface area contributed by atoms with Gasteiger partial charge in [0.2, 0.25) is 5.88 Å². The highest BCUT2D eigenvalue weighted by Crippen LogP contribution is 2.32. The number of rotatable bonds is 10. The van der Waals surface area contributed by atoms with Gasteiger partial charge in [-0.15, -0.1) is 0 Å². The summed E-state index contributed by atoms with van der Waals surface area (Å²) >= 11 is 12.3. The summed E-state index contributed by atoms with van der Waals surface area (Å²) in [5.74, 6) is -2.45. The Morgan fingerprint density at radius 1 is 1.19 bits per heavy atom. The second-order valence-electron chi connectivity index (χ2n) is 8.83. The van der Waals surface area contributed by atoms with E-state index in [9.17, 15) is 24.2 Å². The van der Waals surface area contributed by atoms with Crippen LogP contribution >= 0.6 is 23.2 Å². The first-order chi connectivity index (χ1) is 16.9. The number of hydrogen-bond acceptors (Lipinski definition) is 5. The predicted molar refractivity (Wildman–Crippen MR) is 133 cm³/mol. The quantitative estimate of drug-likeness (QED) is 0.333. The summed E-state index contributed by atoms with van der Waals surface area (Å²) in [5, 5.41) is 27.2. The molecule has 1 aromatic heterocycles. The van der Waals surface area contributed by atoms with Crippen molar-refractivity contribution in [3.8, 4) is 11.6 Å². The first-order valence-corrected chi connectivity index (χ1v) is 11.8. The number of amides is 1. The van der Waals surface area contributed by atoms with Crippen molar-refractivity contribution in [2.75, 3.05) is 6.61 Å². The molecule has 3 rings (SSSR count). The number of ether oxygens (including phenoxy) is 1. The SMILES string of the molecule is CC(C)[C@](C)(O)COc1cc(C(=O)N[C@@H](CC(=O)O)c2cccc(Cl)c2Cl)nn1-c1cccc(F)c1. The van der Waals surface area contributed by atoms with Crippen molar-refractivity contribution in [3.05, 3.63) is 75.7 Å². The van der Waals surface area contributed by atoms with E-state index in [-0.39, 0.29) is 39.8 Å². The summed E-state index contributed by atoms with van der Waals surface area (Å²) in [5.41, 5.74) is -0.691. The average molecular weight is 538 g/mol. The molecule has 3 N–H and O–H groups in total. The second-order valence-corrected chi connectivity index (χ2v) is 9.61. The van der Waals surface area contributed by atoms with Gasteiger partial charge in [-0.05, 0) is 42.7 Å². The number of nitrogens with one attached hydrogen (secondary N) is 1. The van der Waals surface area contributed by atoms with Crippen molar-refractivity contribution in [2.45, 2.75) is 38.8 Å². The van der Waals surface area contributed by atoms with Gasteiger partial charge in [-0.2, -0.15) is 5.10 Å². The molecule has 2 atom stereocenters. The van der Waals surface area contributed by atoms with Gasteiger partial charge in [0, 0.05) is 6.07 Å². The topological polar surface area (TPSA) is 114 Å². The van der Waals surface area contributed by atoms with Crippen LogP contribution in [0.15, 0.2) is 48.5 Å². The summed E-state index contributed by atoms with van der Waals surface area (Å²) in [4.78, 5) is 24.6. The maximum Gasteiger partial charge on any atom is 0.305 e. The van der Waals surface area contributed by atoms with E-state index in [1.54, 1.807) is 31.2 Å². The number of carboxylic acid groups (broad SMARTS) is 1. The van der Waals surface area contributed by atoms with Gasteiger partial charge in [0.05, 0.1) is 33.8 Å². The van der Waals surface area contributed by atoms with E-state index in [2.05, 4.69) is 10.4 Å². The van der Waals surface area contributed by atoms with E-state index in [0.29, 0.717) is 5.56 Å². The lowest BCUT2D eigenvalue weighted by molar-refractivity contribution is -0.137. The van der Waals surface area contributed by atoms with Crippen LogP contribution in [0.4, 0.5) is 4.39 Å². The van der Waals surface area contributed by atoms with Crippen molar-refractivity contribution in [1.29, 1.82) is 0 Å². The van der Waals surface area contributed by atoms with Crippen LogP contribution in [0.25, 0.3) is 5.69 Å². The standard InChI is InChI=1S/C25H26Cl2FN3O5/c1-14(2)25(3,35)13-36-21-11-20(30-31(21)16-7-4-6-15(28)10-16)24(34)29-19(12-22(32)33)17-8-5-9-18(26)23(17)27/h4-11,14,19,35H,12-13H2,1-3H3,(H,29,34)(H,32,33)/t19-,25+/m0/s1. The Bertz CT molecular complexity index is 1260. The zero-order chi connectivity index (χ0) is 26.6. The van der Waals surface area contributed by atoms with Crippen molar-refractivity contribution >= 4 is 35.1 Å². The molecule has 1 amide bonds. The van der Waals surface area contributed by atoms with Crippen LogP contribution in [-0.4, -0.2) is 44.1 Å². The number of nitrogens with zero attached hydrogens (tertiary/aromatic N) is 2. The highest BCUT2D eigenvalue weighted by Gasteiger charge is 2.28. The fourth-order valence-corrected chi connectivity index (χ4v) is 3.63. The molecule has 1 heterocycles. The molecule has 192 valence electrons. The number of aromatic nitrogens is 2. The third kappa shape index (κ3) is 6.54. The number of halogens is 3. The highest BCUT2D eigenvalue weighted by atomic mass is 35.5. The number of carbonyl (C=O) groups is 2. The molecule has 3 aromatic rings. The van der Waals surface area contributed by atoms with E-state index >= 15 is 0 Å². The third-order valence-corrected chi connectivity index (χ3v) is 6.59. The van der Waals surface area contributed by atoms with E-state index < -0.39 is 35.8 Å². The number of benzene rings is 2. The molecule has 0 unspecified atom stereocenters. The minimum atomic E-state index is -1.19. The van der Waals surface area contributed by atoms with Crippen LogP contribution < -0.4 is 10.1 Å². The molecule has 0 bridgehead atoms. The van der Waals surface area contributed by atoms with Gasteiger partial charge in [-0.25, -0.2) is 9.07 Å². The van der Waals surface area contributed by atoms with Gasteiger partial charge in [-0.3, -0.25) is 9.59 Å². The summed E-state index contributed by atoms with van der Waals surface area (Å²) < 4.78 is 20.9. The second kappa shape index (κ2) is 11.3. The van der Waals surface area contributed by atoms with E-state index in [1.165, 1.54) is 28.9 Å². The smallest absolute Gasteiger partial charge is 0.305 e. The molecule has 0 aliphatic rings. The molecule has 2 aromatic carbocycles. The molecule has 8 nitrogen and oxygen atoms in total. The summed E-state index contributed by atoms with van der Waals surface area (Å²) in [7, 11) is 0. The summed E-state index contributed by atoms with van der Waals surface area (Å²) in [6.07, 6.45) is -0.461. The monoisotopic (exact) mass is 537 g/mol. The lowest BCUT2D eigenvalue weighted by Gasteiger charge is -2.27. The highest BCUT2D eigenvalue weighted by molar-refractivity contribution is 6.42. The summed E-state index contributed by atoms with van der Waals surface area (Å²) in [6, 6.07) is 10.5. The van der Waals surface area contributed by atoms with Crippen LogP contribution in [0.1, 0.15) is 49.3 Å². The molecule has 0 spiro atoms. The largest absolute Gasteiger partial charge is 0.481 e. The molecular weight excluding hydrogens is 512 g/mol. The molecule has 0 saturated carbocycles. The Labute approximate surface area is 217 Å². The predicted octanol–water partition coefficient (Wildman–Crippen LogP) is 5.05. The third-order valence-electron chi connectivity index (χ3n) is 5.76. The van der Waals surface area contributed by atoms with Gasteiger partial charge in [0.15, 0.2) is 5.69 Å². The molecule has 36 heavy (non-hydrogen) atoms. The Kier molecular flexibility index (Phi) is 8.60. The van der Waals surface area contributed by atoms with Crippen molar-refractivity contribution in [2.24, 2.45) is 5.92 Å². The van der Waals surface area contributed by atoms with Gasteiger partial charge in [-0.1, -0.05) is 55.2 Å². The number of carbonyl (C=O) groups excluding carboxylic acids is 1. The van der Waals surface area contributed by atoms with Gasteiger partial charge in [0.25, 0.3) is 5.91 Å². The molecule has 0 fully saturated rings. The number of hydrogen-bond donors (Lipinski definition) is 3. The number of carboxylic acids is 1. The maximum absolute atomic E-state index is 13.9. The van der Waals surface area contributed by atoms with Crippen molar-refractivity contribution in [3.63, 3.8) is 0 Å². The minimum absolute atomic E-state index is 0.0854. The number of aliphatic hydroxyl groups is 1. The molecule has 11 heteroatoms. The van der Waals surface area contributed by atoms with Crippen molar-refractivity contribution in [1.82, 2.24) is 15.1 Å². The molecule has 0 aliphatic heterocycles. The fraction of sp³-hybridized carbons (Fsp3) is 0.320. The van der Waals surface area contributed by atoms with Gasteiger partial charge >= 0.3 is 5.97 Å². The van der Waals surface area contributed by atoms with Crippen LogP contribution in [0.3, 0.4) is 0 Å². The Hall–Kier alpha value is -3.14. The zero-order valence-electron chi connectivity index (χ0n) is 19.8. The van der Waals surface area contributed by atoms with Crippen LogP contribution in [0.5, 0.6) is 5.88 Å². The van der Waals surface area contributed by atoms with Gasteiger partial charge in [0.1, 0.15) is 12.4 Å². The normalized spacial score (nSPS) is 13.8. The average Bonchev–Trinajstić information content (AvgIpc) is 3.23. The van der Waals surface area contributed by atoms with Crippen molar-refractivity contribution < 1.29 is 28.9 Å². The first-order valence-electron chi connectivity index (χ1n) is 11.1. The maximum atomic E-state index is 13.9. The molecule has 0 saturated heterocycles. The van der Waals surface area contributed by atoms with E-state index in [4.69, 9.17) is 27.9 Å². The molecule has 0 aliphatic carbocycles. The van der Waals surface area contributed by atoms with Crippen LogP contribution in [0.2, 0.25) is 10.0 Å². The molecular formula is C25H26Cl2FN3O5. The summed E-state index contributed by atoms with van der Waals surface area (Å²) in [6.45, 7) is 5.15. The number of aliphatic carboxylic acids is 1. The van der Waals surface area contributed by atoms with E-state index in [1.807, 2.05) is 13.8 Å².